The Morgan fingerprint density at radius 2 is 2.24 bits per heavy atom. The van der Waals surface area contributed by atoms with Gasteiger partial charge in [-0.05, 0) is 32.1 Å². The average Bonchev–Trinajstić information content (AvgIpc) is 2.37. The third-order valence-electron chi connectivity index (χ3n) is 2.75. The summed E-state index contributed by atoms with van der Waals surface area (Å²) >= 11 is 3.37. The summed E-state index contributed by atoms with van der Waals surface area (Å²) in [6.45, 7) is 1.87. The highest BCUT2D eigenvalue weighted by atomic mass is 79.9. The van der Waals surface area contributed by atoms with Crippen LogP contribution in [0.1, 0.15) is 38.5 Å². The van der Waals surface area contributed by atoms with Gasteiger partial charge in [0.2, 0.25) is 0 Å². The third kappa shape index (κ3) is 7.60. The lowest BCUT2D eigenvalue weighted by Gasteiger charge is -2.22. The van der Waals surface area contributed by atoms with E-state index in [4.69, 9.17) is 9.47 Å². The summed E-state index contributed by atoms with van der Waals surface area (Å²) < 4.78 is 10.6. The van der Waals surface area contributed by atoms with Gasteiger partial charge in [0, 0.05) is 18.5 Å². The van der Waals surface area contributed by atoms with Crippen LogP contribution in [0.3, 0.4) is 0 Å². The lowest BCUT2D eigenvalue weighted by Crippen LogP contribution is -2.31. The molecular formula is C12H22BrNO3. The molecule has 0 aromatic rings. The Hall–Kier alpha value is -0.290. The Morgan fingerprint density at radius 1 is 1.35 bits per heavy atom. The van der Waals surface area contributed by atoms with Gasteiger partial charge in [-0.3, -0.25) is 0 Å². The van der Waals surface area contributed by atoms with Crippen LogP contribution in [0.25, 0.3) is 0 Å². The average molecular weight is 308 g/mol. The van der Waals surface area contributed by atoms with Gasteiger partial charge < -0.3 is 14.8 Å². The van der Waals surface area contributed by atoms with Crippen molar-refractivity contribution in [2.45, 2.75) is 44.6 Å². The third-order valence-corrected chi connectivity index (χ3v) is 3.31. The number of alkyl carbamates (subject to hydrolysis) is 1. The van der Waals surface area contributed by atoms with Gasteiger partial charge in [0.15, 0.2) is 0 Å². The first kappa shape index (κ1) is 14.8. The highest BCUT2D eigenvalue weighted by Gasteiger charge is 2.15. The molecule has 0 radical (unpaired) electrons. The quantitative estimate of drug-likeness (QED) is 0.581. The van der Waals surface area contributed by atoms with Crippen LogP contribution in [-0.4, -0.2) is 37.3 Å². The number of hydrogen-bond donors (Lipinski definition) is 1. The molecule has 1 rings (SSSR count). The van der Waals surface area contributed by atoms with Crippen molar-refractivity contribution in [3.05, 3.63) is 0 Å². The topological polar surface area (TPSA) is 47.6 Å². The number of ether oxygens (including phenoxy) is 2. The first-order valence-electron chi connectivity index (χ1n) is 6.41. The van der Waals surface area contributed by atoms with Crippen molar-refractivity contribution in [1.82, 2.24) is 5.32 Å². The summed E-state index contributed by atoms with van der Waals surface area (Å²) in [6, 6.07) is 0. The van der Waals surface area contributed by atoms with E-state index < -0.39 is 0 Å². The van der Waals surface area contributed by atoms with E-state index >= 15 is 0 Å². The van der Waals surface area contributed by atoms with Crippen molar-refractivity contribution in [2.75, 3.05) is 25.1 Å². The lowest BCUT2D eigenvalue weighted by molar-refractivity contribution is -0.0223. The minimum Gasteiger partial charge on any atom is -0.447 e. The van der Waals surface area contributed by atoms with Crippen molar-refractivity contribution in [3.8, 4) is 0 Å². The summed E-state index contributed by atoms with van der Waals surface area (Å²) in [5, 5.41) is 3.77. The molecule has 0 aromatic carbocycles. The largest absolute Gasteiger partial charge is 0.447 e. The summed E-state index contributed by atoms with van der Waals surface area (Å²) in [7, 11) is 0. The van der Waals surface area contributed by atoms with E-state index in [1.165, 1.54) is 6.42 Å². The van der Waals surface area contributed by atoms with Crippen LogP contribution in [0.5, 0.6) is 0 Å². The van der Waals surface area contributed by atoms with E-state index in [2.05, 4.69) is 21.2 Å². The molecule has 4 nitrogen and oxygen atoms in total. The fourth-order valence-electron chi connectivity index (χ4n) is 1.75. The Labute approximate surface area is 112 Å². The molecule has 100 valence electrons. The van der Waals surface area contributed by atoms with Crippen LogP contribution >= 0.6 is 15.9 Å². The second-order valence-electron chi connectivity index (χ2n) is 4.26. The molecule has 1 N–H and O–H groups in total. The molecule has 0 aromatic heterocycles. The van der Waals surface area contributed by atoms with Crippen molar-refractivity contribution >= 4 is 22.0 Å². The normalized spacial score (nSPS) is 19.9. The van der Waals surface area contributed by atoms with Gasteiger partial charge in [0.05, 0.1) is 6.10 Å². The fraction of sp³-hybridized carbons (Fsp3) is 0.917. The molecule has 1 fully saturated rings. The number of nitrogens with one attached hydrogen (secondary N) is 1. The van der Waals surface area contributed by atoms with Crippen LogP contribution in [-0.2, 0) is 9.47 Å². The van der Waals surface area contributed by atoms with E-state index in [1.807, 2.05) is 0 Å². The molecule has 1 amide bonds. The number of halogens is 1. The summed E-state index contributed by atoms with van der Waals surface area (Å²) in [5.74, 6) is 0. The maximum Gasteiger partial charge on any atom is 0.407 e. The van der Waals surface area contributed by atoms with Gasteiger partial charge in [0.25, 0.3) is 0 Å². The zero-order valence-electron chi connectivity index (χ0n) is 10.3. The number of rotatable bonds is 7. The van der Waals surface area contributed by atoms with Crippen LogP contribution in [0, 0.1) is 0 Å². The monoisotopic (exact) mass is 307 g/mol. The molecule has 1 aliphatic heterocycles. The summed E-state index contributed by atoms with van der Waals surface area (Å²) in [5.41, 5.74) is 0. The zero-order valence-corrected chi connectivity index (χ0v) is 11.8. The predicted molar refractivity (Wildman–Crippen MR) is 70.6 cm³/mol. The Morgan fingerprint density at radius 3 is 2.94 bits per heavy atom. The van der Waals surface area contributed by atoms with Crippen LogP contribution in [0.2, 0.25) is 0 Å². The number of amides is 1. The van der Waals surface area contributed by atoms with Crippen molar-refractivity contribution in [2.24, 2.45) is 0 Å². The van der Waals surface area contributed by atoms with E-state index in [0.29, 0.717) is 13.2 Å². The molecule has 1 heterocycles. The summed E-state index contributed by atoms with van der Waals surface area (Å²) in [6.07, 6.45) is 6.34. The first-order chi connectivity index (χ1) is 8.33. The van der Waals surface area contributed by atoms with Crippen molar-refractivity contribution in [3.63, 3.8) is 0 Å². The van der Waals surface area contributed by atoms with E-state index in [1.54, 1.807) is 0 Å². The SMILES string of the molecule is O=C(NCCCCCBr)OCC1CCCCO1. The molecule has 1 atom stereocenters. The van der Waals surface area contributed by atoms with Gasteiger partial charge in [-0.25, -0.2) is 4.79 Å². The highest BCUT2D eigenvalue weighted by molar-refractivity contribution is 9.09. The molecule has 1 unspecified atom stereocenters. The molecule has 0 aliphatic carbocycles. The first-order valence-corrected chi connectivity index (χ1v) is 7.53. The number of unbranched alkanes of at least 4 members (excludes halogenated alkanes) is 2. The molecule has 1 saturated heterocycles. The van der Waals surface area contributed by atoms with Gasteiger partial charge >= 0.3 is 6.09 Å². The molecular weight excluding hydrogens is 286 g/mol. The maximum atomic E-state index is 11.3. The molecule has 5 heteroatoms. The number of hydrogen-bond acceptors (Lipinski definition) is 3. The number of carbonyl (C=O) groups excluding carboxylic acids is 1. The van der Waals surface area contributed by atoms with Crippen LogP contribution in [0.4, 0.5) is 4.79 Å². The zero-order chi connectivity index (χ0) is 12.3. The van der Waals surface area contributed by atoms with Crippen LogP contribution < -0.4 is 5.32 Å². The maximum absolute atomic E-state index is 11.3. The minimum absolute atomic E-state index is 0.0999. The standard InChI is InChI=1S/C12H22BrNO3/c13-7-3-1-4-8-14-12(15)17-10-11-6-2-5-9-16-11/h11H,1-10H2,(H,14,15). The molecule has 0 spiro atoms. The Kier molecular flexibility index (Phi) is 8.44. The molecule has 1 aliphatic rings. The minimum atomic E-state index is -0.321. The van der Waals surface area contributed by atoms with Crippen molar-refractivity contribution in [1.29, 1.82) is 0 Å². The van der Waals surface area contributed by atoms with Gasteiger partial charge in [-0.2, -0.15) is 0 Å². The van der Waals surface area contributed by atoms with Gasteiger partial charge in [-0.1, -0.05) is 22.4 Å². The molecule has 17 heavy (non-hydrogen) atoms. The van der Waals surface area contributed by atoms with Gasteiger partial charge in [0.1, 0.15) is 6.61 Å². The highest BCUT2D eigenvalue weighted by Crippen LogP contribution is 2.12. The lowest BCUT2D eigenvalue weighted by atomic mass is 10.1. The summed E-state index contributed by atoms with van der Waals surface area (Å²) in [4.78, 5) is 11.3. The second kappa shape index (κ2) is 9.71. The fourth-order valence-corrected chi connectivity index (χ4v) is 2.14. The van der Waals surface area contributed by atoms with Crippen LogP contribution in [0.15, 0.2) is 0 Å². The number of alkyl halides is 1. The smallest absolute Gasteiger partial charge is 0.407 e. The number of carbonyl (C=O) groups is 1. The van der Waals surface area contributed by atoms with Gasteiger partial charge in [-0.15, -0.1) is 0 Å². The molecule has 0 bridgehead atoms. The van der Waals surface area contributed by atoms with E-state index in [0.717, 1.165) is 44.0 Å². The predicted octanol–water partition coefficient (Wildman–Crippen LogP) is 2.85. The Balaban J connectivity index is 1.93. The van der Waals surface area contributed by atoms with Crippen molar-refractivity contribution < 1.29 is 14.3 Å². The van der Waals surface area contributed by atoms with E-state index in [-0.39, 0.29) is 12.2 Å². The van der Waals surface area contributed by atoms with E-state index in [9.17, 15) is 4.79 Å². The molecule has 0 saturated carbocycles. The second-order valence-corrected chi connectivity index (χ2v) is 5.06. The Bertz CT molecular complexity index is 208.